The number of benzene rings is 2. The van der Waals surface area contributed by atoms with E-state index in [2.05, 4.69) is 22.8 Å². The third-order valence-corrected chi connectivity index (χ3v) is 5.51. The SMILES string of the molecule is O=C(CCCc1ccccc1)NCCC1CCN(C(=O)Nc2ccccc2)CC1. The zero-order chi connectivity index (χ0) is 20.3. The van der Waals surface area contributed by atoms with Gasteiger partial charge in [-0.1, -0.05) is 48.5 Å². The van der Waals surface area contributed by atoms with E-state index in [-0.39, 0.29) is 11.9 Å². The van der Waals surface area contributed by atoms with Crippen molar-refractivity contribution in [2.24, 2.45) is 5.92 Å². The summed E-state index contributed by atoms with van der Waals surface area (Å²) in [6, 6.07) is 19.8. The summed E-state index contributed by atoms with van der Waals surface area (Å²) in [4.78, 5) is 26.2. The molecule has 5 nitrogen and oxygen atoms in total. The molecule has 2 N–H and O–H groups in total. The van der Waals surface area contributed by atoms with Gasteiger partial charge in [0.15, 0.2) is 0 Å². The van der Waals surface area contributed by atoms with Gasteiger partial charge in [-0.25, -0.2) is 4.79 Å². The molecule has 154 valence electrons. The number of piperidine rings is 1. The van der Waals surface area contributed by atoms with Crippen LogP contribution >= 0.6 is 0 Å². The molecule has 3 rings (SSSR count). The number of urea groups is 1. The first-order chi connectivity index (χ1) is 14.2. The molecule has 1 aliphatic heterocycles. The number of anilines is 1. The zero-order valence-electron chi connectivity index (χ0n) is 17.0. The molecular formula is C24H31N3O2. The molecule has 0 atom stereocenters. The number of rotatable bonds is 8. The number of carbonyl (C=O) groups excluding carboxylic acids is 2. The van der Waals surface area contributed by atoms with Crippen molar-refractivity contribution in [2.45, 2.75) is 38.5 Å². The van der Waals surface area contributed by atoms with Gasteiger partial charge >= 0.3 is 6.03 Å². The Bertz CT molecular complexity index is 756. The van der Waals surface area contributed by atoms with Gasteiger partial charge in [-0.05, 0) is 55.7 Å². The van der Waals surface area contributed by atoms with Crippen LogP contribution in [-0.2, 0) is 11.2 Å². The number of hydrogen-bond acceptors (Lipinski definition) is 2. The monoisotopic (exact) mass is 393 g/mol. The van der Waals surface area contributed by atoms with Crippen LogP contribution in [0.1, 0.15) is 37.7 Å². The lowest BCUT2D eigenvalue weighted by molar-refractivity contribution is -0.121. The van der Waals surface area contributed by atoms with Gasteiger partial charge in [-0.2, -0.15) is 0 Å². The highest BCUT2D eigenvalue weighted by molar-refractivity contribution is 5.89. The number of nitrogens with one attached hydrogen (secondary N) is 2. The van der Waals surface area contributed by atoms with Crippen LogP contribution in [0.2, 0.25) is 0 Å². The van der Waals surface area contributed by atoms with Crippen LogP contribution in [0.25, 0.3) is 0 Å². The van der Waals surface area contributed by atoms with Crippen molar-refractivity contribution in [1.82, 2.24) is 10.2 Å². The Labute approximate surface area is 173 Å². The molecule has 0 aromatic heterocycles. The highest BCUT2D eigenvalue weighted by atomic mass is 16.2. The van der Waals surface area contributed by atoms with Crippen LogP contribution < -0.4 is 10.6 Å². The van der Waals surface area contributed by atoms with Gasteiger partial charge in [0.2, 0.25) is 5.91 Å². The Kier molecular flexibility index (Phi) is 8.11. The van der Waals surface area contributed by atoms with Crippen molar-refractivity contribution in [3.63, 3.8) is 0 Å². The second-order valence-corrected chi connectivity index (χ2v) is 7.70. The Hall–Kier alpha value is -2.82. The number of aryl methyl sites for hydroxylation is 1. The van der Waals surface area contributed by atoms with Crippen molar-refractivity contribution in [3.8, 4) is 0 Å². The maximum Gasteiger partial charge on any atom is 0.321 e. The number of carbonyl (C=O) groups is 2. The standard InChI is InChI=1S/C24H31N3O2/c28-23(13-7-10-20-8-3-1-4-9-20)25-17-14-21-15-18-27(19-16-21)24(29)26-22-11-5-2-6-12-22/h1-6,8-9,11-12,21H,7,10,13-19H2,(H,25,28)(H,26,29). The van der Waals surface area contributed by atoms with Crippen LogP contribution in [-0.4, -0.2) is 36.5 Å². The van der Waals surface area contributed by atoms with Crippen molar-refractivity contribution in [3.05, 3.63) is 66.2 Å². The largest absolute Gasteiger partial charge is 0.356 e. The second-order valence-electron chi connectivity index (χ2n) is 7.70. The van der Waals surface area contributed by atoms with E-state index < -0.39 is 0 Å². The topological polar surface area (TPSA) is 61.4 Å². The van der Waals surface area contributed by atoms with Crippen molar-refractivity contribution >= 4 is 17.6 Å². The van der Waals surface area contributed by atoms with E-state index in [0.717, 1.165) is 57.4 Å². The maximum absolute atomic E-state index is 12.3. The van der Waals surface area contributed by atoms with Gasteiger partial charge in [0.05, 0.1) is 0 Å². The minimum atomic E-state index is -0.0265. The summed E-state index contributed by atoms with van der Waals surface area (Å²) in [6.45, 7) is 2.27. The first kappa shape index (κ1) is 20.9. The molecule has 0 radical (unpaired) electrons. The fraction of sp³-hybridized carbons (Fsp3) is 0.417. The van der Waals surface area contributed by atoms with E-state index in [1.165, 1.54) is 5.56 Å². The van der Waals surface area contributed by atoms with Gasteiger partial charge in [-0.15, -0.1) is 0 Å². The molecule has 1 saturated heterocycles. The molecule has 5 heteroatoms. The van der Waals surface area contributed by atoms with E-state index in [9.17, 15) is 9.59 Å². The number of amides is 3. The van der Waals surface area contributed by atoms with Gasteiger partial charge in [-0.3, -0.25) is 4.79 Å². The predicted octanol–water partition coefficient (Wildman–Crippen LogP) is 4.46. The summed E-state index contributed by atoms with van der Waals surface area (Å²) in [6.07, 6.45) is 5.37. The lowest BCUT2D eigenvalue weighted by Crippen LogP contribution is -2.41. The molecule has 1 aliphatic rings. The summed E-state index contributed by atoms with van der Waals surface area (Å²) in [7, 11) is 0. The third kappa shape index (κ3) is 7.26. The minimum Gasteiger partial charge on any atom is -0.356 e. The molecule has 0 aliphatic carbocycles. The van der Waals surface area contributed by atoms with E-state index in [1.54, 1.807) is 0 Å². The molecule has 29 heavy (non-hydrogen) atoms. The molecule has 0 unspecified atom stereocenters. The second kappa shape index (κ2) is 11.2. The van der Waals surface area contributed by atoms with Crippen LogP contribution in [0.3, 0.4) is 0 Å². The average Bonchev–Trinajstić information content (AvgIpc) is 2.76. The number of hydrogen-bond donors (Lipinski definition) is 2. The Morgan fingerprint density at radius 1 is 0.931 bits per heavy atom. The quantitative estimate of drug-likeness (QED) is 0.696. The third-order valence-electron chi connectivity index (χ3n) is 5.51. The molecule has 2 aromatic carbocycles. The Balaban J connectivity index is 1.26. The van der Waals surface area contributed by atoms with Gasteiger partial charge in [0, 0.05) is 31.7 Å². The minimum absolute atomic E-state index is 0.0265. The summed E-state index contributed by atoms with van der Waals surface area (Å²) in [5.74, 6) is 0.709. The molecule has 2 aromatic rings. The summed E-state index contributed by atoms with van der Waals surface area (Å²) >= 11 is 0. The van der Waals surface area contributed by atoms with Gasteiger partial charge in [0.25, 0.3) is 0 Å². The summed E-state index contributed by atoms with van der Waals surface area (Å²) < 4.78 is 0. The fourth-order valence-corrected chi connectivity index (χ4v) is 3.75. The molecular weight excluding hydrogens is 362 g/mol. The highest BCUT2D eigenvalue weighted by Crippen LogP contribution is 2.21. The molecule has 1 heterocycles. The molecule has 0 spiro atoms. The van der Waals surface area contributed by atoms with Crippen molar-refractivity contribution in [2.75, 3.05) is 25.0 Å². The summed E-state index contributed by atoms with van der Waals surface area (Å²) in [5, 5.41) is 6.00. The maximum atomic E-state index is 12.3. The van der Waals surface area contributed by atoms with Gasteiger partial charge in [0.1, 0.15) is 0 Å². The van der Waals surface area contributed by atoms with Crippen LogP contribution in [0, 0.1) is 5.92 Å². The molecule has 3 amide bonds. The lowest BCUT2D eigenvalue weighted by atomic mass is 9.93. The van der Waals surface area contributed by atoms with E-state index in [4.69, 9.17) is 0 Å². The van der Waals surface area contributed by atoms with Gasteiger partial charge < -0.3 is 15.5 Å². The highest BCUT2D eigenvalue weighted by Gasteiger charge is 2.22. The van der Waals surface area contributed by atoms with Crippen LogP contribution in [0.4, 0.5) is 10.5 Å². The number of para-hydroxylation sites is 1. The smallest absolute Gasteiger partial charge is 0.321 e. The Morgan fingerprint density at radius 2 is 1.59 bits per heavy atom. The molecule has 1 fully saturated rings. The predicted molar refractivity (Wildman–Crippen MR) is 117 cm³/mol. The van der Waals surface area contributed by atoms with Crippen molar-refractivity contribution < 1.29 is 9.59 Å². The van der Waals surface area contributed by atoms with Crippen LogP contribution in [0.15, 0.2) is 60.7 Å². The normalized spacial score (nSPS) is 14.4. The van der Waals surface area contributed by atoms with E-state index in [1.807, 2.05) is 53.4 Å². The molecule has 0 saturated carbocycles. The average molecular weight is 394 g/mol. The first-order valence-corrected chi connectivity index (χ1v) is 10.6. The van der Waals surface area contributed by atoms with E-state index in [0.29, 0.717) is 12.3 Å². The van der Waals surface area contributed by atoms with Crippen molar-refractivity contribution in [1.29, 1.82) is 0 Å². The number of nitrogens with zero attached hydrogens (tertiary/aromatic N) is 1. The van der Waals surface area contributed by atoms with Crippen LogP contribution in [0.5, 0.6) is 0 Å². The fourth-order valence-electron chi connectivity index (χ4n) is 3.75. The summed E-state index contributed by atoms with van der Waals surface area (Å²) in [5.41, 5.74) is 2.11. The Morgan fingerprint density at radius 3 is 2.28 bits per heavy atom. The number of likely N-dealkylation sites (tertiary alicyclic amines) is 1. The zero-order valence-corrected chi connectivity index (χ0v) is 17.0. The molecule has 0 bridgehead atoms. The van der Waals surface area contributed by atoms with E-state index >= 15 is 0 Å². The first-order valence-electron chi connectivity index (χ1n) is 10.6. The lowest BCUT2D eigenvalue weighted by Gasteiger charge is -2.32.